The number of nitrogens with one attached hydrogen (secondary N) is 1. The van der Waals surface area contributed by atoms with Crippen LogP contribution in [0.3, 0.4) is 0 Å². The fourth-order valence-electron chi connectivity index (χ4n) is 1.80. The van der Waals surface area contributed by atoms with Crippen molar-refractivity contribution in [3.63, 3.8) is 0 Å². The number of alkyl halides is 3. The van der Waals surface area contributed by atoms with E-state index in [1.165, 1.54) is 13.0 Å². The molecule has 8 heteroatoms. The number of aromatic nitrogens is 1. The number of halogens is 3. The average molecular weight is 272 g/mol. The van der Waals surface area contributed by atoms with E-state index in [1.807, 2.05) is 0 Å². The minimum atomic E-state index is -4.86. The van der Waals surface area contributed by atoms with Crippen molar-refractivity contribution in [1.29, 1.82) is 0 Å². The molecule has 5 nitrogen and oxygen atoms in total. The number of nitrogens with zero attached hydrogens (tertiary/aromatic N) is 1. The van der Waals surface area contributed by atoms with Crippen LogP contribution in [0, 0.1) is 17.0 Å². The van der Waals surface area contributed by atoms with E-state index in [1.54, 1.807) is 0 Å². The van der Waals surface area contributed by atoms with E-state index < -0.39 is 27.8 Å². The Bertz CT molecular complexity index is 734. The van der Waals surface area contributed by atoms with E-state index in [0.717, 1.165) is 0 Å². The third-order valence-electron chi connectivity index (χ3n) is 2.58. The third-order valence-corrected chi connectivity index (χ3v) is 2.58. The number of pyridine rings is 1. The summed E-state index contributed by atoms with van der Waals surface area (Å²) < 4.78 is 38.2. The number of aromatic amines is 1. The Balaban J connectivity index is 2.93. The van der Waals surface area contributed by atoms with Crippen molar-refractivity contribution in [2.45, 2.75) is 13.1 Å². The first-order chi connectivity index (χ1) is 8.70. The van der Waals surface area contributed by atoms with Gasteiger partial charge in [-0.1, -0.05) is 0 Å². The highest BCUT2D eigenvalue weighted by atomic mass is 19.4. The van der Waals surface area contributed by atoms with Crippen molar-refractivity contribution in [2.24, 2.45) is 0 Å². The monoisotopic (exact) mass is 272 g/mol. The highest BCUT2D eigenvalue weighted by molar-refractivity contribution is 5.82. The fraction of sp³-hybridized carbons (Fsp3) is 0.182. The summed E-state index contributed by atoms with van der Waals surface area (Å²) in [4.78, 5) is 23.7. The van der Waals surface area contributed by atoms with Crippen LogP contribution in [0.2, 0.25) is 0 Å². The molecule has 100 valence electrons. The van der Waals surface area contributed by atoms with Gasteiger partial charge in [0.05, 0.1) is 15.8 Å². The van der Waals surface area contributed by atoms with E-state index in [-0.39, 0.29) is 10.9 Å². The molecule has 0 aliphatic heterocycles. The Morgan fingerprint density at radius 2 is 1.89 bits per heavy atom. The predicted molar refractivity (Wildman–Crippen MR) is 61.0 cm³/mol. The summed E-state index contributed by atoms with van der Waals surface area (Å²) in [6, 6.07) is 2.40. The van der Waals surface area contributed by atoms with Crippen LogP contribution in [0.5, 0.6) is 0 Å². The Morgan fingerprint density at radius 1 is 1.26 bits per heavy atom. The van der Waals surface area contributed by atoms with Gasteiger partial charge in [-0.15, -0.1) is 0 Å². The van der Waals surface area contributed by atoms with Crippen molar-refractivity contribution in [2.75, 3.05) is 0 Å². The standard InChI is InChI=1S/C11H7F3N2O3/c1-5-2-10(17)6-3-9(16(18)19)7(11(12,13)14)4-8(6)15-5/h2-4H,1H3,(H,15,17). The second-order valence-corrected chi connectivity index (χ2v) is 3.99. The first-order valence-corrected chi connectivity index (χ1v) is 5.09. The Morgan fingerprint density at radius 3 is 2.42 bits per heavy atom. The maximum Gasteiger partial charge on any atom is 0.423 e. The molecule has 2 rings (SSSR count). The van der Waals surface area contributed by atoms with Crippen LogP contribution in [0.25, 0.3) is 10.9 Å². The summed E-state index contributed by atoms with van der Waals surface area (Å²) in [5, 5.41) is 10.5. The maximum absolute atomic E-state index is 12.7. The van der Waals surface area contributed by atoms with Crippen LogP contribution in [-0.2, 0) is 6.18 Å². The van der Waals surface area contributed by atoms with Gasteiger partial charge in [0.25, 0.3) is 5.69 Å². The summed E-state index contributed by atoms with van der Waals surface area (Å²) in [6.45, 7) is 1.51. The number of hydrogen-bond donors (Lipinski definition) is 1. The van der Waals surface area contributed by atoms with E-state index in [4.69, 9.17) is 0 Å². The molecule has 1 aromatic heterocycles. The molecule has 0 saturated carbocycles. The van der Waals surface area contributed by atoms with Gasteiger partial charge in [-0.25, -0.2) is 0 Å². The molecule has 0 spiro atoms. The van der Waals surface area contributed by atoms with Crippen LogP contribution in [0.1, 0.15) is 11.3 Å². The molecule has 0 aliphatic carbocycles. The normalized spacial score (nSPS) is 11.8. The van der Waals surface area contributed by atoms with Crippen molar-refractivity contribution < 1.29 is 18.1 Å². The summed E-state index contributed by atoms with van der Waals surface area (Å²) in [6.07, 6.45) is -4.86. The number of fused-ring (bicyclic) bond motifs is 1. The Hall–Kier alpha value is -2.38. The SMILES string of the molecule is Cc1cc(=O)c2cc([N+](=O)[O-])c(C(F)(F)F)cc2[nH]1. The number of nitro benzene ring substituents is 1. The molecule has 1 heterocycles. The largest absolute Gasteiger partial charge is 0.423 e. The van der Waals surface area contributed by atoms with Crippen molar-refractivity contribution in [1.82, 2.24) is 4.98 Å². The molecule has 0 amide bonds. The summed E-state index contributed by atoms with van der Waals surface area (Å²) >= 11 is 0. The van der Waals surface area contributed by atoms with Gasteiger partial charge in [-0.05, 0) is 13.0 Å². The van der Waals surface area contributed by atoms with E-state index in [2.05, 4.69) is 4.98 Å². The predicted octanol–water partition coefficient (Wildman–Crippen LogP) is 2.76. The van der Waals surface area contributed by atoms with Crippen molar-refractivity contribution in [3.05, 3.63) is 49.8 Å². The molecule has 0 saturated heterocycles. The van der Waals surface area contributed by atoms with Gasteiger partial charge in [-0.3, -0.25) is 14.9 Å². The number of aryl methyl sites for hydroxylation is 1. The lowest BCUT2D eigenvalue weighted by Crippen LogP contribution is -2.11. The zero-order valence-corrected chi connectivity index (χ0v) is 9.54. The molecule has 1 N–H and O–H groups in total. The van der Waals surface area contributed by atoms with E-state index in [0.29, 0.717) is 17.8 Å². The zero-order chi connectivity index (χ0) is 14.4. The molecule has 0 atom stereocenters. The first-order valence-electron chi connectivity index (χ1n) is 5.09. The summed E-state index contributed by atoms with van der Waals surface area (Å²) in [7, 11) is 0. The lowest BCUT2D eigenvalue weighted by Gasteiger charge is -2.09. The van der Waals surface area contributed by atoms with Gasteiger partial charge >= 0.3 is 6.18 Å². The van der Waals surface area contributed by atoms with Crippen molar-refractivity contribution in [3.8, 4) is 0 Å². The second-order valence-electron chi connectivity index (χ2n) is 3.99. The molecule has 2 aromatic rings. The van der Waals surface area contributed by atoms with Crippen LogP contribution in [-0.4, -0.2) is 9.91 Å². The van der Waals surface area contributed by atoms with E-state index in [9.17, 15) is 28.1 Å². The topological polar surface area (TPSA) is 76.0 Å². The molecule has 19 heavy (non-hydrogen) atoms. The van der Waals surface area contributed by atoms with Crippen LogP contribution in [0.15, 0.2) is 23.0 Å². The van der Waals surface area contributed by atoms with Gasteiger partial charge in [0.15, 0.2) is 5.43 Å². The molecule has 0 fully saturated rings. The maximum atomic E-state index is 12.7. The molecule has 0 bridgehead atoms. The minimum Gasteiger partial charge on any atom is -0.358 e. The lowest BCUT2D eigenvalue weighted by atomic mass is 10.1. The molecule has 0 aliphatic rings. The van der Waals surface area contributed by atoms with E-state index >= 15 is 0 Å². The molecule has 0 radical (unpaired) electrons. The quantitative estimate of drug-likeness (QED) is 0.640. The Kier molecular flexibility index (Phi) is 2.80. The first kappa shape index (κ1) is 13.1. The summed E-state index contributed by atoms with van der Waals surface area (Å²) in [5.41, 5.74) is -2.79. The number of H-pyrrole nitrogens is 1. The Labute approximate surface area is 103 Å². The van der Waals surface area contributed by atoms with Gasteiger partial charge in [-0.2, -0.15) is 13.2 Å². The third kappa shape index (κ3) is 2.28. The number of rotatable bonds is 1. The summed E-state index contributed by atoms with van der Waals surface area (Å²) in [5.74, 6) is 0. The number of benzene rings is 1. The molecule has 0 unspecified atom stereocenters. The van der Waals surface area contributed by atoms with Crippen LogP contribution < -0.4 is 5.43 Å². The highest BCUT2D eigenvalue weighted by Crippen LogP contribution is 2.37. The van der Waals surface area contributed by atoms with Crippen LogP contribution >= 0.6 is 0 Å². The fourth-order valence-corrected chi connectivity index (χ4v) is 1.80. The smallest absolute Gasteiger partial charge is 0.358 e. The van der Waals surface area contributed by atoms with Crippen molar-refractivity contribution >= 4 is 16.6 Å². The van der Waals surface area contributed by atoms with Gasteiger partial charge in [0.1, 0.15) is 5.56 Å². The number of hydrogen-bond acceptors (Lipinski definition) is 3. The molecule has 1 aromatic carbocycles. The second kappa shape index (κ2) is 4.08. The lowest BCUT2D eigenvalue weighted by molar-refractivity contribution is -0.387. The number of nitro groups is 1. The average Bonchev–Trinajstić information content (AvgIpc) is 2.25. The molecular formula is C11H7F3N2O3. The van der Waals surface area contributed by atoms with Gasteiger partial charge in [0, 0.05) is 17.8 Å². The van der Waals surface area contributed by atoms with Gasteiger partial charge in [0.2, 0.25) is 0 Å². The molecular weight excluding hydrogens is 265 g/mol. The van der Waals surface area contributed by atoms with Crippen LogP contribution in [0.4, 0.5) is 18.9 Å². The highest BCUT2D eigenvalue weighted by Gasteiger charge is 2.38. The van der Waals surface area contributed by atoms with Gasteiger partial charge < -0.3 is 4.98 Å². The minimum absolute atomic E-state index is 0.0806. The zero-order valence-electron chi connectivity index (χ0n) is 9.54.